The van der Waals surface area contributed by atoms with Gasteiger partial charge in [0.2, 0.25) is 5.91 Å². The molecule has 0 spiro atoms. The largest absolute Gasteiger partial charge is 0.493 e. The fourth-order valence-corrected chi connectivity index (χ4v) is 2.09. The van der Waals surface area contributed by atoms with Crippen LogP contribution in [-0.2, 0) is 4.79 Å². The zero-order valence-electron chi connectivity index (χ0n) is 12.1. The van der Waals surface area contributed by atoms with Gasteiger partial charge < -0.3 is 9.64 Å². The van der Waals surface area contributed by atoms with Crippen molar-refractivity contribution in [3.8, 4) is 11.8 Å². The van der Waals surface area contributed by atoms with Crippen molar-refractivity contribution in [3.05, 3.63) is 29.3 Å². The minimum Gasteiger partial charge on any atom is -0.493 e. The molecule has 1 fully saturated rings. The van der Waals surface area contributed by atoms with Gasteiger partial charge in [-0.25, -0.2) is 0 Å². The van der Waals surface area contributed by atoms with Crippen molar-refractivity contribution in [2.45, 2.75) is 39.2 Å². The fourth-order valence-electron chi connectivity index (χ4n) is 2.09. The molecule has 2 rings (SSSR count). The minimum absolute atomic E-state index is 0.0119. The number of benzene rings is 1. The summed E-state index contributed by atoms with van der Waals surface area (Å²) in [6.07, 6.45) is 2.36. The van der Waals surface area contributed by atoms with Crippen molar-refractivity contribution in [2.75, 3.05) is 13.2 Å². The Kier molecular flexibility index (Phi) is 4.62. The molecule has 1 saturated carbocycles. The SMILES string of the molecule is Cc1ccc(OCCC(=O)N(CC#N)C2CC2)cc1C. The number of aryl methyl sites for hydroxylation is 2. The van der Waals surface area contributed by atoms with E-state index in [4.69, 9.17) is 10.00 Å². The Balaban J connectivity index is 1.81. The second kappa shape index (κ2) is 6.42. The average molecular weight is 272 g/mol. The van der Waals surface area contributed by atoms with Crippen molar-refractivity contribution in [3.63, 3.8) is 0 Å². The van der Waals surface area contributed by atoms with Crippen LogP contribution in [0.5, 0.6) is 5.75 Å². The highest BCUT2D eigenvalue weighted by Gasteiger charge is 2.31. The number of ether oxygens (including phenoxy) is 1. The van der Waals surface area contributed by atoms with Crippen LogP contribution in [0.15, 0.2) is 18.2 Å². The molecule has 1 aliphatic carbocycles. The highest BCUT2D eigenvalue weighted by atomic mass is 16.5. The van der Waals surface area contributed by atoms with Gasteiger partial charge in [0.05, 0.1) is 19.1 Å². The quantitative estimate of drug-likeness (QED) is 0.748. The molecule has 0 radical (unpaired) electrons. The zero-order chi connectivity index (χ0) is 14.5. The maximum Gasteiger partial charge on any atom is 0.227 e. The van der Waals surface area contributed by atoms with Crippen LogP contribution in [0.2, 0.25) is 0 Å². The van der Waals surface area contributed by atoms with Crippen molar-refractivity contribution >= 4 is 5.91 Å². The molecule has 0 N–H and O–H groups in total. The van der Waals surface area contributed by atoms with Crippen molar-refractivity contribution in [1.82, 2.24) is 4.90 Å². The van der Waals surface area contributed by atoms with E-state index in [2.05, 4.69) is 13.0 Å². The number of nitriles is 1. The second-order valence-electron chi connectivity index (χ2n) is 5.26. The van der Waals surface area contributed by atoms with Gasteiger partial charge in [-0.2, -0.15) is 5.26 Å². The molecule has 1 aromatic rings. The Morgan fingerprint density at radius 1 is 1.40 bits per heavy atom. The summed E-state index contributed by atoms with van der Waals surface area (Å²) < 4.78 is 5.61. The molecule has 1 aliphatic rings. The lowest BCUT2D eigenvalue weighted by molar-refractivity contribution is -0.131. The molecule has 1 amide bonds. The Hall–Kier alpha value is -2.02. The van der Waals surface area contributed by atoms with Gasteiger partial charge in [-0.05, 0) is 49.9 Å². The van der Waals surface area contributed by atoms with E-state index < -0.39 is 0 Å². The van der Waals surface area contributed by atoms with E-state index in [1.54, 1.807) is 4.90 Å². The predicted octanol–water partition coefficient (Wildman–Crippen LogP) is 2.59. The normalized spacial score (nSPS) is 13.7. The van der Waals surface area contributed by atoms with Crippen LogP contribution >= 0.6 is 0 Å². The molecule has 4 nitrogen and oxygen atoms in total. The number of rotatable bonds is 6. The Bertz CT molecular complexity index is 530. The number of hydrogen-bond acceptors (Lipinski definition) is 3. The van der Waals surface area contributed by atoms with Crippen LogP contribution < -0.4 is 4.74 Å². The first-order valence-electron chi connectivity index (χ1n) is 6.98. The molecular formula is C16H20N2O2. The summed E-state index contributed by atoms with van der Waals surface area (Å²) in [5.74, 6) is 0.803. The molecule has 0 unspecified atom stereocenters. The first kappa shape index (κ1) is 14.4. The zero-order valence-corrected chi connectivity index (χ0v) is 12.1. The number of carbonyl (C=O) groups is 1. The maximum absolute atomic E-state index is 12.0. The molecule has 0 aromatic heterocycles. The first-order chi connectivity index (χ1) is 9.61. The van der Waals surface area contributed by atoms with Crippen LogP contribution in [0, 0.1) is 25.2 Å². The van der Waals surface area contributed by atoms with E-state index in [9.17, 15) is 4.79 Å². The lowest BCUT2D eigenvalue weighted by Gasteiger charge is -2.19. The maximum atomic E-state index is 12.0. The molecule has 0 saturated heterocycles. The summed E-state index contributed by atoms with van der Waals surface area (Å²) in [6, 6.07) is 8.25. The van der Waals surface area contributed by atoms with E-state index in [-0.39, 0.29) is 18.5 Å². The highest BCUT2D eigenvalue weighted by molar-refractivity contribution is 5.77. The number of amides is 1. The third kappa shape index (κ3) is 3.74. The van der Waals surface area contributed by atoms with Crippen LogP contribution in [-0.4, -0.2) is 30.0 Å². The summed E-state index contributed by atoms with van der Waals surface area (Å²) in [5, 5.41) is 8.75. The number of carbonyl (C=O) groups excluding carboxylic acids is 1. The second-order valence-corrected chi connectivity index (χ2v) is 5.26. The van der Waals surface area contributed by atoms with Gasteiger partial charge in [-0.3, -0.25) is 4.79 Å². The van der Waals surface area contributed by atoms with Crippen LogP contribution in [0.3, 0.4) is 0 Å². The van der Waals surface area contributed by atoms with Gasteiger partial charge in [-0.1, -0.05) is 6.07 Å². The van der Waals surface area contributed by atoms with Crippen LogP contribution in [0.25, 0.3) is 0 Å². The summed E-state index contributed by atoms with van der Waals surface area (Å²) in [6.45, 7) is 4.64. The first-order valence-corrected chi connectivity index (χ1v) is 6.98. The van der Waals surface area contributed by atoms with Gasteiger partial charge in [0, 0.05) is 6.04 Å². The van der Waals surface area contributed by atoms with Gasteiger partial charge in [0.1, 0.15) is 12.3 Å². The smallest absolute Gasteiger partial charge is 0.227 e. The van der Waals surface area contributed by atoms with E-state index in [0.29, 0.717) is 13.0 Å². The molecule has 20 heavy (non-hydrogen) atoms. The van der Waals surface area contributed by atoms with Gasteiger partial charge >= 0.3 is 0 Å². The van der Waals surface area contributed by atoms with E-state index in [1.807, 2.05) is 25.1 Å². The topological polar surface area (TPSA) is 53.3 Å². The van der Waals surface area contributed by atoms with E-state index in [0.717, 1.165) is 18.6 Å². The van der Waals surface area contributed by atoms with Crippen LogP contribution in [0.1, 0.15) is 30.4 Å². The lowest BCUT2D eigenvalue weighted by Crippen LogP contribution is -2.34. The molecular weight excluding hydrogens is 252 g/mol. The molecule has 106 valence electrons. The van der Waals surface area contributed by atoms with Gasteiger partial charge in [-0.15, -0.1) is 0 Å². The molecule has 4 heteroatoms. The lowest BCUT2D eigenvalue weighted by atomic mass is 10.1. The third-order valence-electron chi connectivity index (χ3n) is 3.61. The Morgan fingerprint density at radius 3 is 2.75 bits per heavy atom. The van der Waals surface area contributed by atoms with E-state index >= 15 is 0 Å². The fraction of sp³-hybridized carbons (Fsp3) is 0.500. The van der Waals surface area contributed by atoms with E-state index in [1.165, 1.54) is 11.1 Å². The minimum atomic E-state index is 0.0119. The van der Waals surface area contributed by atoms with Crippen molar-refractivity contribution in [1.29, 1.82) is 5.26 Å². The van der Waals surface area contributed by atoms with Crippen molar-refractivity contribution in [2.24, 2.45) is 0 Å². The standard InChI is InChI=1S/C16H20N2O2/c1-12-3-6-15(11-13(12)2)20-10-7-16(19)18(9-8-17)14-4-5-14/h3,6,11,14H,4-5,7,9-10H2,1-2H3. The van der Waals surface area contributed by atoms with Gasteiger partial charge in [0.25, 0.3) is 0 Å². The van der Waals surface area contributed by atoms with Crippen molar-refractivity contribution < 1.29 is 9.53 Å². The summed E-state index contributed by atoms with van der Waals surface area (Å²) in [4.78, 5) is 13.7. The summed E-state index contributed by atoms with van der Waals surface area (Å²) in [5.41, 5.74) is 2.40. The molecule has 0 atom stereocenters. The third-order valence-corrected chi connectivity index (χ3v) is 3.61. The molecule has 0 aliphatic heterocycles. The summed E-state index contributed by atoms with van der Waals surface area (Å²) >= 11 is 0. The summed E-state index contributed by atoms with van der Waals surface area (Å²) in [7, 11) is 0. The molecule has 0 bridgehead atoms. The molecule has 1 aromatic carbocycles. The van der Waals surface area contributed by atoms with Crippen LogP contribution in [0.4, 0.5) is 0 Å². The Morgan fingerprint density at radius 2 is 2.15 bits per heavy atom. The number of hydrogen-bond donors (Lipinski definition) is 0. The predicted molar refractivity (Wildman–Crippen MR) is 76.4 cm³/mol. The highest BCUT2D eigenvalue weighted by Crippen LogP contribution is 2.27. The number of nitrogens with zero attached hydrogens (tertiary/aromatic N) is 2. The van der Waals surface area contributed by atoms with Gasteiger partial charge in [0.15, 0.2) is 0 Å². The monoisotopic (exact) mass is 272 g/mol. The molecule has 0 heterocycles. The Labute approximate surface area is 120 Å². The average Bonchev–Trinajstić information content (AvgIpc) is 3.24.